The van der Waals surface area contributed by atoms with Gasteiger partial charge >= 0.3 is 5.97 Å². The molecule has 40 heteroatoms. The van der Waals surface area contributed by atoms with Gasteiger partial charge in [-0.2, -0.15) is 11.8 Å². The Hall–Kier alpha value is -10.3. The molecular weight excluding hydrogens is 1510 g/mol. The van der Waals surface area contributed by atoms with Crippen LogP contribution in [0.25, 0.3) is 10.9 Å². The quantitative estimate of drug-likeness (QED) is 0.0123. The standard InChI is InChI=1S/C73H117N21O17S2/c1-7-43(5)59(92-68(105)54(32-38-112-6)87-69(106)55(39-45-41-83-49-22-12-11-21-47(45)49)89-70(107)58(42(3)4)91-63(100)48(77)40-57(96)97)71(108)93-60(61(78)98)72(109)88-51(24-14-17-34-75)65(102)84-50(23-13-16-33-74)64(101)86-53(26-20-37-82-73(79)80)66(103)85-52(25-15-18-35-76)67(104)90-56(95)27-10-9-19-36-81-62(99)44-28-30-46(31-29-44)94-113(110,111)8-2/h8,11-12,21-22,28-31,41-43,48,50-55,58-60,83,94H,2,7,9-10,13-20,23-27,32-40,74-77H2,1,3-6H3,(H2,78,98)(H,81,99)(H,84,102)(H,85,103)(H,86,101)(H,87,106)(H,88,109)(H,89,107)(H,91,100)(H,92,105)(H,93,108)(H,96,97)(H4,79,80,82)(H,90,95,104)/t43-,48-,50-,51-,52-,53-,54-,55-,58-,59-,60-/m0/s1. The number of aliphatic carboxylic acids is 1. The first-order valence-electron chi connectivity index (χ1n) is 37.7. The number of benzene rings is 2. The predicted octanol–water partition coefficient (Wildman–Crippen LogP) is -2.22. The number of nitrogens with two attached hydrogens (primary N) is 7. The number of imide groups is 1. The molecule has 13 amide bonds. The maximum Gasteiger partial charge on any atom is 0.305 e. The van der Waals surface area contributed by atoms with Crippen molar-refractivity contribution in [2.45, 2.75) is 210 Å². The van der Waals surface area contributed by atoms with Crippen LogP contribution in [0.1, 0.15) is 159 Å². The van der Waals surface area contributed by atoms with Crippen LogP contribution < -0.4 is 103 Å². The molecule has 0 aliphatic rings. The molecule has 0 saturated heterocycles. The molecule has 0 radical (unpaired) electrons. The van der Waals surface area contributed by atoms with Gasteiger partial charge in [0.1, 0.15) is 48.3 Å². The fourth-order valence-corrected chi connectivity index (χ4v) is 12.5. The number of aromatic amines is 1. The van der Waals surface area contributed by atoms with Gasteiger partial charge in [0.25, 0.3) is 21.8 Å². The number of guanidine groups is 1. The smallest absolute Gasteiger partial charge is 0.305 e. The molecule has 0 spiro atoms. The van der Waals surface area contributed by atoms with Crippen LogP contribution in [0.5, 0.6) is 0 Å². The first kappa shape index (κ1) is 96.9. The summed E-state index contributed by atoms with van der Waals surface area (Å²) in [7, 11) is -3.74. The number of carboxylic acid groups (broad SMARTS) is 1. The lowest BCUT2D eigenvalue weighted by Crippen LogP contribution is -2.63. The number of anilines is 1. The fraction of sp³-hybridized carbons (Fsp3) is 0.575. The minimum absolute atomic E-state index is 0.0111. The van der Waals surface area contributed by atoms with E-state index in [9.17, 15) is 80.6 Å². The average Bonchev–Trinajstić information content (AvgIpc) is 1.73. The number of hydrogen-bond acceptors (Lipinski definition) is 22. The number of amides is 13. The molecule has 628 valence electrons. The van der Waals surface area contributed by atoms with Gasteiger partial charge < -0.3 is 103 Å². The van der Waals surface area contributed by atoms with E-state index < -0.39 is 171 Å². The van der Waals surface area contributed by atoms with Gasteiger partial charge in [-0.05, 0) is 169 Å². The van der Waals surface area contributed by atoms with Crippen LogP contribution in [0, 0.1) is 11.8 Å². The number of aliphatic imine (C=N–C) groups is 1. The molecule has 38 nitrogen and oxygen atoms in total. The van der Waals surface area contributed by atoms with Gasteiger partial charge in [0.05, 0.1) is 12.5 Å². The minimum Gasteiger partial charge on any atom is -0.481 e. The van der Waals surface area contributed by atoms with E-state index in [4.69, 9.17) is 40.1 Å². The van der Waals surface area contributed by atoms with Gasteiger partial charge in [-0.3, -0.25) is 82.2 Å². The molecule has 0 saturated carbocycles. The molecule has 11 atom stereocenters. The molecule has 3 rings (SSSR count). The number of sulfonamides is 1. The number of nitrogens with one attached hydrogen (secondary N) is 13. The molecule has 1 aromatic heterocycles. The summed E-state index contributed by atoms with van der Waals surface area (Å²) in [6, 6.07) is -2.31. The Bertz CT molecular complexity index is 3820. The van der Waals surface area contributed by atoms with E-state index in [2.05, 4.69) is 79.8 Å². The number of thioether (sulfide) groups is 1. The molecule has 1 heterocycles. The van der Waals surface area contributed by atoms with Gasteiger partial charge in [0.2, 0.25) is 65.0 Å². The lowest BCUT2D eigenvalue weighted by Gasteiger charge is -2.29. The number of unbranched alkanes of at least 4 members (excludes halogenated alkanes) is 5. The monoisotopic (exact) mass is 1620 g/mol. The van der Waals surface area contributed by atoms with Crippen molar-refractivity contribution in [2.75, 3.05) is 49.5 Å². The van der Waals surface area contributed by atoms with Gasteiger partial charge in [-0.25, -0.2) is 8.42 Å². The van der Waals surface area contributed by atoms with Gasteiger partial charge in [-0.15, -0.1) is 0 Å². The maximum atomic E-state index is 14.7. The fourth-order valence-electron chi connectivity index (χ4n) is 11.5. The number of rotatable bonds is 56. The van der Waals surface area contributed by atoms with E-state index in [-0.39, 0.29) is 126 Å². The Labute approximate surface area is 662 Å². The number of hydrogen-bond donors (Lipinski definition) is 21. The molecule has 28 N–H and O–H groups in total. The predicted molar refractivity (Wildman–Crippen MR) is 428 cm³/mol. The minimum atomic E-state index is -3.74. The molecule has 2 aromatic carbocycles. The van der Waals surface area contributed by atoms with E-state index >= 15 is 0 Å². The molecule has 0 aliphatic carbocycles. The van der Waals surface area contributed by atoms with Crippen molar-refractivity contribution in [3.05, 3.63) is 77.8 Å². The highest BCUT2D eigenvalue weighted by Gasteiger charge is 2.39. The van der Waals surface area contributed by atoms with Crippen LogP contribution in [0.3, 0.4) is 0 Å². The van der Waals surface area contributed by atoms with Gasteiger partial charge in [-0.1, -0.05) is 65.3 Å². The van der Waals surface area contributed by atoms with E-state index in [1.165, 1.54) is 36.0 Å². The van der Waals surface area contributed by atoms with Crippen LogP contribution >= 0.6 is 11.8 Å². The number of carbonyl (C=O) groups is 14. The van der Waals surface area contributed by atoms with E-state index in [1.54, 1.807) is 64.4 Å². The molecule has 0 bridgehead atoms. The molecule has 3 aromatic rings. The number of para-hydroxylation sites is 1. The van der Waals surface area contributed by atoms with Crippen molar-refractivity contribution >= 4 is 127 Å². The summed E-state index contributed by atoms with van der Waals surface area (Å²) in [4.78, 5) is 201. The highest BCUT2D eigenvalue weighted by molar-refractivity contribution is 7.98. The highest BCUT2D eigenvalue weighted by Crippen LogP contribution is 2.21. The zero-order valence-corrected chi connectivity index (χ0v) is 66.5. The third-order valence-corrected chi connectivity index (χ3v) is 19.8. The van der Waals surface area contributed by atoms with Crippen LogP contribution in [0.4, 0.5) is 5.69 Å². The van der Waals surface area contributed by atoms with Crippen LogP contribution in [-0.2, 0) is 78.8 Å². The zero-order chi connectivity index (χ0) is 84.3. The Morgan fingerprint density at radius 2 is 1.07 bits per heavy atom. The van der Waals surface area contributed by atoms with E-state index in [0.29, 0.717) is 61.4 Å². The van der Waals surface area contributed by atoms with Crippen molar-refractivity contribution in [3.63, 3.8) is 0 Å². The first-order valence-corrected chi connectivity index (χ1v) is 40.6. The van der Waals surface area contributed by atoms with Crippen molar-refractivity contribution < 1.29 is 80.6 Å². The first-order chi connectivity index (χ1) is 53.6. The largest absolute Gasteiger partial charge is 0.481 e. The number of fused-ring (bicyclic) bond motifs is 1. The highest BCUT2D eigenvalue weighted by atomic mass is 32.2. The Kier molecular flexibility index (Phi) is 44.1. The van der Waals surface area contributed by atoms with E-state index in [0.717, 1.165) is 5.41 Å². The van der Waals surface area contributed by atoms with Crippen molar-refractivity contribution in [1.29, 1.82) is 0 Å². The maximum absolute atomic E-state index is 14.7. The second-order valence-electron chi connectivity index (χ2n) is 27.5. The molecule has 113 heavy (non-hydrogen) atoms. The molecule has 0 aliphatic heterocycles. The molecular formula is C73H117N21O17S2. The molecule has 0 unspecified atom stereocenters. The lowest BCUT2D eigenvalue weighted by atomic mass is 9.97. The third kappa shape index (κ3) is 35.5. The van der Waals surface area contributed by atoms with Crippen molar-refractivity contribution in [2.24, 2.45) is 57.0 Å². The number of H-pyrrole nitrogens is 1. The van der Waals surface area contributed by atoms with Crippen LogP contribution in [0.2, 0.25) is 0 Å². The number of carbonyl (C=O) groups excluding carboxylic acids is 13. The summed E-state index contributed by atoms with van der Waals surface area (Å²) in [5.41, 5.74) is 42.0. The summed E-state index contributed by atoms with van der Waals surface area (Å²) in [6.07, 6.45) is 5.41. The van der Waals surface area contributed by atoms with Crippen molar-refractivity contribution in [3.8, 4) is 0 Å². The summed E-state index contributed by atoms with van der Waals surface area (Å²) < 4.78 is 25.9. The number of carboxylic acids is 1. The Balaban J connectivity index is 1.88. The van der Waals surface area contributed by atoms with E-state index in [1.807, 2.05) is 0 Å². The summed E-state index contributed by atoms with van der Waals surface area (Å²) in [5.74, 6) is -14.6. The second-order valence-corrected chi connectivity index (χ2v) is 30.1. The van der Waals surface area contributed by atoms with Crippen molar-refractivity contribution in [1.82, 2.24) is 63.5 Å². The SMILES string of the molecule is C=CS(=O)(=O)Nc1ccc(C(=O)NCCCCCC(=O)NC(=O)[C@H](CCCCN)NC(=O)[C@H](CCCN=C(N)N)NC(=O)[C@H](CCCCN)NC(=O)[C@H](CCCCN)NC(=O)[C@@H](NC(=O)[C@@H](NC(=O)[C@H](CCSC)NC(=O)[C@H](Cc2c[nH]c3ccccc23)NC(=O)[C@@H](NC(=O)[C@@H](N)CC(=O)O)C(C)C)[C@@H](C)CC)C(N)=O)cc1. The third-order valence-electron chi connectivity index (χ3n) is 18.2. The molecule has 0 fully saturated rings. The van der Waals surface area contributed by atoms with Gasteiger partial charge in [0.15, 0.2) is 12.0 Å². The number of aromatic nitrogens is 1. The second kappa shape index (κ2) is 51.4. The average molecular weight is 1630 g/mol. The number of nitrogens with zero attached hydrogens (tertiary/aromatic N) is 1. The Morgan fingerprint density at radius 1 is 0.575 bits per heavy atom. The summed E-state index contributed by atoms with van der Waals surface area (Å²) in [5, 5.41) is 39.1. The van der Waals surface area contributed by atoms with Gasteiger partial charge in [0, 0.05) is 59.7 Å². The summed E-state index contributed by atoms with van der Waals surface area (Å²) >= 11 is 1.32. The van der Waals surface area contributed by atoms with Crippen LogP contribution in [-0.4, -0.2) is 212 Å². The normalized spacial score (nSPS) is 14.2. The zero-order valence-electron chi connectivity index (χ0n) is 64.9. The Morgan fingerprint density at radius 3 is 1.58 bits per heavy atom. The number of primary amides is 1. The summed E-state index contributed by atoms with van der Waals surface area (Å²) in [6.45, 7) is 10.5. The van der Waals surface area contributed by atoms with Crippen LogP contribution in [0.15, 0.2) is 71.7 Å². The lowest BCUT2D eigenvalue weighted by molar-refractivity contribution is -0.140. The topological polar surface area (TPSA) is 648 Å².